The molecule has 0 saturated carbocycles. The molecule has 2 aromatic heterocycles. The van der Waals surface area contributed by atoms with Crippen LogP contribution in [0.5, 0.6) is 0 Å². The highest BCUT2D eigenvalue weighted by Crippen LogP contribution is 2.09. The largest absolute Gasteiger partial charge is 0.466 e. The first-order valence-corrected chi connectivity index (χ1v) is 7.24. The normalized spacial score (nSPS) is 11.7. The van der Waals surface area contributed by atoms with Gasteiger partial charge in [-0.3, -0.25) is 4.79 Å². The molecule has 0 radical (unpaired) electrons. The second-order valence-electron chi connectivity index (χ2n) is 4.35. The zero-order chi connectivity index (χ0) is 14.5. The van der Waals surface area contributed by atoms with Crippen molar-refractivity contribution in [2.45, 2.75) is 20.3 Å². The van der Waals surface area contributed by atoms with Crippen LogP contribution in [0.1, 0.15) is 18.2 Å². The smallest absolute Gasteiger partial charge is 0.311 e. The highest BCUT2D eigenvalue weighted by Gasteiger charge is 2.08. The Morgan fingerprint density at radius 1 is 1.55 bits per heavy atom. The minimum atomic E-state index is -0.221. The van der Waals surface area contributed by atoms with Gasteiger partial charge in [-0.25, -0.2) is 9.98 Å². The van der Waals surface area contributed by atoms with Gasteiger partial charge in [-0.05, 0) is 31.5 Å². The molecular weight excluding hydrogens is 274 g/mol. The highest BCUT2D eigenvalue weighted by atomic mass is 32.1. The maximum Gasteiger partial charge on any atom is 0.311 e. The van der Waals surface area contributed by atoms with Crippen LogP contribution >= 0.6 is 11.3 Å². The van der Waals surface area contributed by atoms with Gasteiger partial charge in [0.2, 0.25) is 0 Å². The van der Waals surface area contributed by atoms with Crippen LogP contribution < -0.4 is 4.80 Å². The van der Waals surface area contributed by atoms with Gasteiger partial charge in [0.15, 0.2) is 10.6 Å². The summed E-state index contributed by atoms with van der Waals surface area (Å²) in [4.78, 5) is 21.0. The van der Waals surface area contributed by atoms with Crippen molar-refractivity contribution < 1.29 is 9.53 Å². The van der Waals surface area contributed by atoms with E-state index in [9.17, 15) is 4.79 Å². The lowest BCUT2D eigenvalue weighted by Gasteiger charge is -2.02. The number of carbonyl (C=O) groups excluding carboxylic acids is 1. The quantitative estimate of drug-likeness (QED) is 0.811. The number of hydrogen-bond acceptors (Lipinski definition) is 5. The predicted octanol–water partition coefficient (Wildman–Crippen LogP) is 2.13. The first-order valence-electron chi connectivity index (χ1n) is 6.36. The summed E-state index contributed by atoms with van der Waals surface area (Å²) < 4.78 is 6.85. The van der Waals surface area contributed by atoms with E-state index in [0.717, 1.165) is 16.1 Å². The SMILES string of the molecule is CCOC(=O)Cc1csc(=Nc2cc(C)ccn2)n1C. The molecule has 0 amide bonds. The molecule has 0 aliphatic heterocycles. The molecule has 20 heavy (non-hydrogen) atoms. The van der Waals surface area contributed by atoms with Gasteiger partial charge in [-0.15, -0.1) is 11.3 Å². The van der Waals surface area contributed by atoms with E-state index < -0.39 is 0 Å². The molecule has 0 aromatic carbocycles. The van der Waals surface area contributed by atoms with Crippen LogP contribution in [0.25, 0.3) is 0 Å². The molecule has 6 heteroatoms. The molecule has 5 nitrogen and oxygen atoms in total. The van der Waals surface area contributed by atoms with Crippen molar-refractivity contribution in [2.75, 3.05) is 6.61 Å². The third-order valence-corrected chi connectivity index (χ3v) is 3.73. The van der Waals surface area contributed by atoms with Crippen molar-refractivity contribution in [3.63, 3.8) is 0 Å². The van der Waals surface area contributed by atoms with Gasteiger partial charge < -0.3 is 9.30 Å². The third-order valence-electron chi connectivity index (χ3n) is 2.76. The molecule has 0 fully saturated rings. The lowest BCUT2D eigenvalue weighted by Crippen LogP contribution is -2.16. The number of aryl methyl sites for hydroxylation is 1. The van der Waals surface area contributed by atoms with Crippen LogP contribution in [0.4, 0.5) is 5.82 Å². The Balaban J connectivity index is 2.26. The van der Waals surface area contributed by atoms with E-state index in [1.54, 1.807) is 13.1 Å². The van der Waals surface area contributed by atoms with Gasteiger partial charge in [-0.1, -0.05) is 0 Å². The monoisotopic (exact) mass is 291 g/mol. The summed E-state index contributed by atoms with van der Waals surface area (Å²) in [6.45, 7) is 4.20. The molecule has 0 aliphatic rings. The van der Waals surface area contributed by atoms with Crippen LogP contribution in [0.15, 0.2) is 28.7 Å². The number of aromatic nitrogens is 2. The first-order chi connectivity index (χ1) is 9.60. The number of esters is 1. The lowest BCUT2D eigenvalue weighted by atomic mass is 10.3. The zero-order valence-electron chi connectivity index (χ0n) is 11.8. The molecule has 0 bridgehead atoms. The van der Waals surface area contributed by atoms with Crippen LogP contribution in [0.2, 0.25) is 0 Å². The number of pyridine rings is 1. The second kappa shape index (κ2) is 6.47. The summed E-state index contributed by atoms with van der Waals surface area (Å²) in [6.07, 6.45) is 2.00. The van der Waals surface area contributed by atoms with Crippen LogP contribution in [-0.4, -0.2) is 22.1 Å². The summed E-state index contributed by atoms with van der Waals surface area (Å²) in [5, 5.41) is 1.92. The van der Waals surface area contributed by atoms with E-state index in [1.165, 1.54) is 11.3 Å². The van der Waals surface area contributed by atoms with E-state index in [1.807, 2.05) is 36.1 Å². The fourth-order valence-electron chi connectivity index (χ4n) is 1.70. The predicted molar refractivity (Wildman–Crippen MR) is 77.8 cm³/mol. The van der Waals surface area contributed by atoms with E-state index >= 15 is 0 Å². The van der Waals surface area contributed by atoms with Gasteiger partial charge in [0.05, 0.1) is 13.0 Å². The Bertz CT molecular complexity index is 673. The Morgan fingerprint density at radius 2 is 2.35 bits per heavy atom. The first kappa shape index (κ1) is 14.5. The van der Waals surface area contributed by atoms with E-state index in [-0.39, 0.29) is 12.4 Å². The third kappa shape index (κ3) is 3.54. The lowest BCUT2D eigenvalue weighted by molar-refractivity contribution is -0.142. The average Bonchev–Trinajstić information content (AvgIpc) is 2.72. The van der Waals surface area contributed by atoms with E-state index in [4.69, 9.17) is 4.74 Å². The highest BCUT2D eigenvalue weighted by molar-refractivity contribution is 7.07. The van der Waals surface area contributed by atoms with Crippen molar-refractivity contribution >= 4 is 23.1 Å². The molecule has 0 atom stereocenters. The Hall–Kier alpha value is -1.95. The van der Waals surface area contributed by atoms with Gasteiger partial charge in [0, 0.05) is 24.3 Å². The summed E-state index contributed by atoms with van der Waals surface area (Å²) in [6, 6.07) is 3.85. The van der Waals surface area contributed by atoms with Gasteiger partial charge in [0.25, 0.3) is 0 Å². The maximum absolute atomic E-state index is 11.5. The van der Waals surface area contributed by atoms with Crippen molar-refractivity contribution in [2.24, 2.45) is 12.0 Å². The molecule has 0 saturated heterocycles. The minimum Gasteiger partial charge on any atom is -0.466 e. The second-order valence-corrected chi connectivity index (χ2v) is 5.19. The molecule has 0 aliphatic carbocycles. The van der Waals surface area contributed by atoms with Crippen LogP contribution in [0, 0.1) is 6.92 Å². The number of rotatable bonds is 4. The van der Waals surface area contributed by atoms with Crippen molar-refractivity contribution in [1.29, 1.82) is 0 Å². The molecule has 106 valence electrons. The van der Waals surface area contributed by atoms with E-state index in [0.29, 0.717) is 12.4 Å². The van der Waals surface area contributed by atoms with E-state index in [2.05, 4.69) is 9.98 Å². The van der Waals surface area contributed by atoms with Gasteiger partial charge in [-0.2, -0.15) is 0 Å². The molecule has 0 N–H and O–H groups in total. The topological polar surface area (TPSA) is 56.5 Å². The molecule has 0 spiro atoms. The summed E-state index contributed by atoms with van der Waals surface area (Å²) in [5.74, 6) is 0.450. The summed E-state index contributed by atoms with van der Waals surface area (Å²) in [5.41, 5.74) is 2.00. The van der Waals surface area contributed by atoms with Gasteiger partial charge in [0.1, 0.15) is 0 Å². The number of hydrogen-bond donors (Lipinski definition) is 0. The minimum absolute atomic E-state index is 0.221. The molecule has 0 unspecified atom stereocenters. The van der Waals surface area contributed by atoms with Crippen molar-refractivity contribution in [1.82, 2.24) is 9.55 Å². The number of nitrogens with zero attached hydrogens (tertiary/aromatic N) is 3. The Kier molecular flexibility index (Phi) is 4.68. The molecular formula is C14H17N3O2S. The van der Waals surface area contributed by atoms with Crippen LogP contribution in [0.3, 0.4) is 0 Å². The van der Waals surface area contributed by atoms with Gasteiger partial charge >= 0.3 is 5.97 Å². The fraction of sp³-hybridized carbons (Fsp3) is 0.357. The summed E-state index contributed by atoms with van der Waals surface area (Å²) in [7, 11) is 1.89. The molecule has 2 aromatic rings. The van der Waals surface area contributed by atoms with Crippen molar-refractivity contribution in [3.8, 4) is 0 Å². The fourth-order valence-corrected chi connectivity index (χ4v) is 2.61. The zero-order valence-corrected chi connectivity index (χ0v) is 12.6. The van der Waals surface area contributed by atoms with Crippen molar-refractivity contribution in [3.05, 3.63) is 39.8 Å². The average molecular weight is 291 g/mol. The molecule has 2 rings (SSSR count). The number of thiazole rings is 1. The Labute approximate surface area is 121 Å². The summed E-state index contributed by atoms with van der Waals surface area (Å²) >= 11 is 1.49. The number of ether oxygens (including phenoxy) is 1. The standard InChI is InChI=1S/C14H17N3O2S/c1-4-19-13(18)8-11-9-20-14(17(11)3)16-12-7-10(2)5-6-15-12/h5-7,9H,4,8H2,1-3H3. The Morgan fingerprint density at radius 3 is 3.05 bits per heavy atom. The van der Waals surface area contributed by atoms with Crippen LogP contribution in [-0.2, 0) is 23.0 Å². The maximum atomic E-state index is 11.5. The number of carbonyl (C=O) groups is 1. The molecule has 2 heterocycles.